The molecular formula is C20H19N5O2S. The van der Waals surface area contributed by atoms with Crippen molar-refractivity contribution in [3.05, 3.63) is 59.9 Å². The van der Waals surface area contributed by atoms with Crippen molar-refractivity contribution in [2.75, 3.05) is 11.9 Å². The minimum atomic E-state index is -0.218. The van der Waals surface area contributed by atoms with Crippen LogP contribution in [-0.4, -0.2) is 32.3 Å². The average molecular weight is 393 g/mol. The summed E-state index contributed by atoms with van der Waals surface area (Å²) in [6, 6.07) is 15.2. The zero-order valence-corrected chi connectivity index (χ0v) is 16.4. The predicted molar refractivity (Wildman–Crippen MR) is 109 cm³/mol. The monoisotopic (exact) mass is 393 g/mol. The molecule has 0 atom stereocenters. The van der Waals surface area contributed by atoms with Crippen LogP contribution >= 0.6 is 11.3 Å². The van der Waals surface area contributed by atoms with E-state index in [1.165, 1.54) is 11.3 Å². The summed E-state index contributed by atoms with van der Waals surface area (Å²) in [4.78, 5) is 13.0. The fourth-order valence-electron chi connectivity index (χ4n) is 2.78. The van der Waals surface area contributed by atoms with Crippen LogP contribution in [0.15, 0.2) is 48.5 Å². The first-order chi connectivity index (χ1) is 13.6. The third-order valence-corrected chi connectivity index (χ3v) is 5.07. The maximum Gasteiger partial charge on any atom is 0.262 e. The van der Waals surface area contributed by atoms with Crippen LogP contribution in [-0.2, 0) is 11.2 Å². The van der Waals surface area contributed by atoms with Crippen molar-refractivity contribution in [2.24, 2.45) is 0 Å². The van der Waals surface area contributed by atoms with E-state index < -0.39 is 0 Å². The lowest BCUT2D eigenvalue weighted by molar-refractivity contribution is -0.118. The van der Waals surface area contributed by atoms with Crippen molar-refractivity contribution in [3.63, 3.8) is 0 Å². The summed E-state index contributed by atoms with van der Waals surface area (Å²) in [7, 11) is 0. The summed E-state index contributed by atoms with van der Waals surface area (Å²) in [5.74, 6) is 1.29. The van der Waals surface area contributed by atoms with Crippen LogP contribution in [0.1, 0.15) is 18.3 Å². The van der Waals surface area contributed by atoms with Crippen LogP contribution in [0.2, 0.25) is 0 Å². The van der Waals surface area contributed by atoms with Gasteiger partial charge in [-0.3, -0.25) is 4.79 Å². The number of ether oxygens (including phenoxy) is 1. The molecule has 0 aliphatic rings. The van der Waals surface area contributed by atoms with Gasteiger partial charge < -0.3 is 10.1 Å². The highest BCUT2D eigenvalue weighted by molar-refractivity contribution is 7.19. The molecule has 0 saturated heterocycles. The van der Waals surface area contributed by atoms with Gasteiger partial charge in [0.2, 0.25) is 4.96 Å². The predicted octanol–water partition coefficient (Wildman–Crippen LogP) is 3.74. The fraction of sp³-hybridized carbons (Fsp3) is 0.200. The molecule has 0 bridgehead atoms. The third-order valence-electron chi connectivity index (χ3n) is 4.12. The second-order valence-corrected chi connectivity index (χ2v) is 7.26. The smallest absolute Gasteiger partial charge is 0.262 e. The summed E-state index contributed by atoms with van der Waals surface area (Å²) in [6.45, 7) is 3.95. The third kappa shape index (κ3) is 3.86. The fourth-order valence-corrected chi connectivity index (χ4v) is 3.63. The molecule has 7 nitrogen and oxygen atoms in total. The molecule has 2 aromatic carbocycles. The number of fused-ring (bicyclic) bond motifs is 1. The minimum absolute atomic E-state index is 0.0513. The first-order valence-corrected chi connectivity index (χ1v) is 9.75. The lowest BCUT2D eigenvalue weighted by Crippen LogP contribution is -2.20. The molecular weight excluding hydrogens is 374 g/mol. The van der Waals surface area contributed by atoms with Crippen molar-refractivity contribution in [3.8, 4) is 16.3 Å². The first-order valence-electron chi connectivity index (χ1n) is 8.93. The topological polar surface area (TPSA) is 81.4 Å². The number of carbonyl (C=O) groups is 1. The van der Waals surface area contributed by atoms with E-state index in [1.807, 2.05) is 62.4 Å². The van der Waals surface area contributed by atoms with Gasteiger partial charge in [0, 0.05) is 17.7 Å². The first kappa shape index (κ1) is 18.1. The number of carbonyl (C=O) groups excluding carboxylic acids is 1. The molecule has 28 heavy (non-hydrogen) atoms. The van der Waals surface area contributed by atoms with Crippen LogP contribution < -0.4 is 10.1 Å². The van der Waals surface area contributed by atoms with Gasteiger partial charge in [0.25, 0.3) is 5.91 Å². The second kappa shape index (κ2) is 7.77. The molecule has 0 saturated carbocycles. The quantitative estimate of drug-likeness (QED) is 0.540. The highest BCUT2D eigenvalue weighted by Gasteiger charge is 2.12. The number of anilines is 1. The van der Waals surface area contributed by atoms with Gasteiger partial charge in [-0.15, -0.1) is 10.2 Å². The van der Waals surface area contributed by atoms with E-state index in [4.69, 9.17) is 4.74 Å². The van der Waals surface area contributed by atoms with Gasteiger partial charge >= 0.3 is 0 Å². The van der Waals surface area contributed by atoms with Gasteiger partial charge in [0.05, 0.1) is 0 Å². The Morgan fingerprint density at radius 3 is 2.86 bits per heavy atom. The van der Waals surface area contributed by atoms with E-state index in [0.717, 1.165) is 33.3 Å². The van der Waals surface area contributed by atoms with Gasteiger partial charge in [-0.05, 0) is 36.8 Å². The molecule has 8 heteroatoms. The molecule has 4 rings (SSSR count). The Labute approximate surface area is 166 Å². The van der Waals surface area contributed by atoms with Crippen molar-refractivity contribution in [1.82, 2.24) is 19.8 Å². The molecule has 1 N–H and O–H groups in total. The Morgan fingerprint density at radius 1 is 1.18 bits per heavy atom. The SMILES string of the molecule is CCc1nnc2sc(-c3cccc(NC(=O)COc4cccc(C)c4)c3)nn12. The standard InChI is InChI=1S/C20H19N5O2S/c1-3-17-22-23-20-25(17)24-19(28-20)14-7-5-8-15(11-14)21-18(26)12-27-16-9-4-6-13(2)10-16/h4-11H,3,12H2,1-2H3,(H,21,26). The number of benzene rings is 2. The van der Waals surface area contributed by atoms with Gasteiger partial charge in [0.1, 0.15) is 10.8 Å². The minimum Gasteiger partial charge on any atom is -0.484 e. The Morgan fingerprint density at radius 2 is 2.04 bits per heavy atom. The Balaban J connectivity index is 1.45. The van der Waals surface area contributed by atoms with Crippen molar-refractivity contribution in [1.29, 1.82) is 0 Å². The number of amides is 1. The van der Waals surface area contributed by atoms with E-state index in [9.17, 15) is 4.79 Å². The molecule has 2 heterocycles. The Bertz CT molecular complexity index is 1130. The molecule has 0 spiro atoms. The number of rotatable bonds is 6. The number of aryl methyl sites for hydroxylation is 2. The molecule has 0 aliphatic heterocycles. The van der Waals surface area contributed by atoms with Crippen molar-refractivity contribution in [2.45, 2.75) is 20.3 Å². The highest BCUT2D eigenvalue weighted by Crippen LogP contribution is 2.27. The van der Waals surface area contributed by atoms with Gasteiger partial charge in [-0.25, -0.2) is 0 Å². The Kier molecular flexibility index (Phi) is 5.03. The summed E-state index contributed by atoms with van der Waals surface area (Å²) in [5.41, 5.74) is 2.69. The van der Waals surface area contributed by atoms with Gasteiger partial charge in [0.15, 0.2) is 12.4 Å². The maximum atomic E-state index is 12.2. The highest BCUT2D eigenvalue weighted by atomic mass is 32.1. The molecule has 4 aromatic rings. The largest absolute Gasteiger partial charge is 0.484 e. The molecule has 0 fully saturated rings. The Hall–Kier alpha value is -3.26. The number of aromatic nitrogens is 4. The maximum absolute atomic E-state index is 12.2. The lowest BCUT2D eigenvalue weighted by atomic mass is 10.2. The number of nitrogens with zero attached hydrogens (tertiary/aromatic N) is 4. The number of hydrogen-bond acceptors (Lipinski definition) is 6. The van der Waals surface area contributed by atoms with Gasteiger partial charge in [-0.2, -0.15) is 9.61 Å². The summed E-state index contributed by atoms with van der Waals surface area (Å²) >= 11 is 1.46. The lowest BCUT2D eigenvalue weighted by Gasteiger charge is -2.08. The normalized spacial score (nSPS) is 10.9. The molecule has 0 unspecified atom stereocenters. The molecule has 1 amide bonds. The number of hydrogen-bond donors (Lipinski definition) is 1. The molecule has 142 valence electrons. The molecule has 0 radical (unpaired) electrons. The zero-order valence-electron chi connectivity index (χ0n) is 15.5. The van der Waals surface area contributed by atoms with Crippen LogP contribution in [0.5, 0.6) is 5.75 Å². The van der Waals surface area contributed by atoms with Crippen LogP contribution in [0, 0.1) is 6.92 Å². The number of nitrogens with one attached hydrogen (secondary N) is 1. The van der Waals surface area contributed by atoms with E-state index in [2.05, 4.69) is 20.6 Å². The van der Waals surface area contributed by atoms with E-state index in [-0.39, 0.29) is 12.5 Å². The van der Waals surface area contributed by atoms with Crippen LogP contribution in [0.25, 0.3) is 15.5 Å². The van der Waals surface area contributed by atoms with E-state index in [1.54, 1.807) is 4.52 Å². The summed E-state index contributed by atoms with van der Waals surface area (Å²) in [6.07, 6.45) is 0.765. The van der Waals surface area contributed by atoms with Gasteiger partial charge in [-0.1, -0.05) is 42.5 Å². The van der Waals surface area contributed by atoms with Crippen molar-refractivity contribution < 1.29 is 9.53 Å². The zero-order chi connectivity index (χ0) is 19.5. The summed E-state index contributed by atoms with van der Waals surface area (Å²) < 4.78 is 7.31. The van der Waals surface area contributed by atoms with Crippen LogP contribution in [0.4, 0.5) is 5.69 Å². The van der Waals surface area contributed by atoms with E-state index in [0.29, 0.717) is 11.4 Å². The second-order valence-electron chi connectivity index (χ2n) is 6.31. The molecule has 0 aliphatic carbocycles. The van der Waals surface area contributed by atoms with Crippen molar-refractivity contribution >= 4 is 27.9 Å². The molecule has 2 aromatic heterocycles. The van der Waals surface area contributed by atoms with Crippen LogP contribution in [0.3, 0.4) is 0 Å². The average Bonchev–Trinajstić information content (AvgIpc) is 3.27. The summed E-state index contributed by atoms with van der Waals surface area (Å²) in [5, 5.41) is 16.5. The van der Waals surface area contributed by atoms with E-state index >= 15 is 0 Å².